The van der Waals surface area contributed by atoms with Gasteiger partial charge in [-0.1, -0.05) is 17.7 Å². The van der Waals surface area contributed by atoms with E-state index in [1.165, 1.54) is 0 Å². The van der Waals surface area contributed by atoms with Crippen molar-refractivity contribution in [3.63, 3.8) is 0 Å². The molecule has 1 aliphatic rings. The maximum absolute atomic E-state index is 12.1. The molecule has 0 radical (unpaired) electrons. The van der Waals surface area contributed by atoms with Crippen molar-refractivity contribution in [3.05, 3.63) is 34.3 Å². The van der Waals surface area contributed by atoms with E-state index in [0.717, 1.165) is 24.8 Å². The fourth-order valence-corrected chi connectivity index (χ4v) is 2.25. The molecule has 1 saturated carbocycles. The summed E-state index contributed by atoms with van der Waals surface area (Å²) in [4.78, 5) is 12.1. The van der Waals surface area contributed by atoms with Gasteiger partial charge >= 0.3 is 0 Å². The van der Waals surface area contributed by atoms with Gasteiger partial charge in [-0.25, -0.2) is 0 Å². The van der Waals surface area contributed by atoms with Gasteiger partial charge in [-0.3, -0.25) is 4.79 Å². The van der Waals surface area contributed by atoms with Gasteiger partial charge in [0.25, 0.3) is 5.91 Å². The van der Waals surface area contributed by atoms with E-state index in [2.05, 4.69) is 5.32 Å². The third-order valence-electron chi connectivity index (χ3n) is 3.44. The number of aryl methyl sites for hydroxylation is 1. The summed E-state index contributed by atoms with van der Waals surface area (Å²) < 4.78 is 0. The molecule has 0 spiro atoms. The van der Waals surface area contributed by atoms with Gasteiger partial charge in [0.1, 0.15) is 0 Å². The molecule has 2 rings (SSSR count). The lowest BCUT2D eigenvalue weighted by atomic mass is 9.77. The van der Waals surface area contributed by atoms with E-state index in [4.69, 9.17) is 11.6 Å². The lowest BCUT2D eigenvalue weighted by molar-refractivity contribution is 0.0641. The van der Waals surface area contributed by atoms with Gasteiger partial charge in [0, 0.05) is 10.6 Å². The second-order valence-electron chi connectivity index (χ2n) is 4.71. The highest BCUT2D eigenvalue weighted by Gasteiger charge is 2.38. The topological polar surface area (TPSA) is 49.3 Å². The fourth-order valence-electron chi connectivity index (χ4n) is 2.07. The number of halogens is 1. The van der Waals surface area contributed by atoms with Gasteiger partial charge in [-0.05, 0) is 43.9 Å². The van der Waals surface area contributed by atoms with Crippen LogP contribution in [0.25, 0.3) is 0 Å². The molecule has 0 heterocycles. The summed E-state index contributed by atoms with van der Waals surface area (Å²) in [6.45, 7) is 1.87. The van der Waals surface area contributed by atoms with Crippen molar-refractivity contribution in [2.45, 2.75) is 31.7 Å². The largest absolute Gasteiger partial charge is 0.394 e. The van der Waals surface area contributed by atoms with Gasteiger partial charge in [-0.15, -0.1) is 0 Å². The molecule has 0 atom stereocenters. The van der Waals surface area contributed by atoms with Crippen LogP contribution in [-0.4, -0.2) is 23.2 Å². The Morgan fingerprint density at radius 1 is 1.53 bits per heavy atom. The highest BCUT2D eigenvalue weighted by Crippen LogP contribution is 2.31. The van der Waals surface area contributed by atoms with E-state index in [0.29, 0.717) is 10.6 Å². The van der Waals surface area contributed by atoms with Gasteiger partial charge in [0.2, 0.25) is 0 Å². The molecule has 92 valence electrons. The molecule has 1 aromatic rings. The smallest absolute Gasteiger partial charge is 0.252 e. The first kappa shape index (κ1) is 12.4. The Bertz CT molecular complexity index is 436. The third kappa shape index (κ3) is 2.45. The van der Waals surface area contributed by atoms with Crippen LogP contribution in [0.1, 0.15) is 35.2 Å². The van der Waals surface area contributed by atoms with Crippen molar-refractivity contribution in [2.75, 3.05) is 6.61 Å². The Morgan fingerprint density at radius 2 is 2.24 bits per heavy atom. The molecule has 0 saturated heterocycles. The zero-order chi connectivity index (χ0) is 12.5. The van der Waals surface area contributed by atoms with E-state index in [1.807, 2.05) is 13.0 Å². The highest BCUT2D eigenvalue weighted by atomic mass is 35.5. The minimum atomic E-state index is -0.411. The maximum Gasteiger partial charge on any atom is 0.252 e. The summed E-state index contributed by atoms with van der Waals surface area (Å²) in [6, 6.07) is 5.25. The molecule has 1 aromatic carbocycles. The van der Waals surface area contributed by atoms with Crippen LogP contribution in [0.2, 0.25) is 5.02 Å². The van der Waals surface area contributed by atoms with Gasteiger partial charge in [0.15, 0.2) is 0 Å². The zero-order valence-electron chi connectivity index (χ0n) is 9.79. The van der Waals surface area contributed by atoms with Crippen LogP contribution in [0, 0.1) is 6.92 Å². The number of benzene rings is 1. The number of carbonyl (C=O) groups excluding carboxylic acids is 1. The summed E-state index contributed by atoms with van der Waals surface area (Å²) in [7, 11) is 0. The molecule has 0 bridgehead atoms. The number of nitrogens with one attached hydrogen (secondary N) is 1. The van der Waals surface area contributed by atoms with Gasteiger partial charge in [-0.2, -0.15) is 0 Å². The van der Waals surface area contributed by atoms with Crippen molar-refractivity contribution in [3.8, 4) is 0 Å². The average Bonchev–Trinajstić information content (AvgIpc) is 2.26. The Kier molecular flexibility index (Phi) is 3.40. The van der Waals surface area contributed by atoms with E-state index in [1.54, 1.807) is 12.1 Å². The quantitative estimate of drug-likeness (QED) is 0.868. The number of amides is 1. The summed E-state index contributed by atoms with van der Waals surface area (Å²) >= 11 is 5.88. The molecule has 0 aromatic heterocycles. The average molecular weight is 254 g/mol. The number of hydrogen-bond acceptors (Lipinski definition) is 2. The first-order chi connectivity index (χ1) is 8.06. The van der Waals surface area contributed by atoms with Crippen molar-refractivity contribution >= 4 is 17.5 Å². The molecular formula is C13H16ClNO2. The van der Waals surface area contributed by atoms with E-state index in [-0.39, 0.29) is 12.5 Å². The zero-order valence-corrected chi connectivity index (χ0v) is 10.5. The molecule has 0 unspecified atom stereocenters. The standard InChI is InChI=1S/C13H16ClNO2/c1-9-3-4-10(14)7-11(9)12(17)15-13(8-16)5-2-6-13/h3-4,7,16H,2,5-6,8H2,1H3,(H,15,17). The lowest BCUT2D eigenvalue weighted by Crippen LogP contribution is -2.56. The minimum Gasteiger partial charge on any atom is -0.394 e. The Labute approximate surface area is 106 Å². The van der Waals surface area contributed by atoms with Crippen LogP contribution in [0.3, 0.4) is 0 Å². The lowest BCUT2D eigenvalue weighted by Gasteiger charge is -2.41. The summed E-state index contributed by atoms with van der Waals surface area (Å²) in [5.41, 5.74) is 1.06. The van der Waals surface area contributed by atoms with E-state index < -0.39 is 5.54 Å². The predicted molar refractivity (Wildman–Crippen MR) is 67.3 cm³/mol. The summed E-state index contributed by atoms with van der Waals surface area (Å²) in [6.07, 6.45) is 2.74. The summed E-state index contributed by atoms with van der Waals surface area (Å²) in [5.74, 6) is -0.154. The molecule has 4 heteroatoms. The molecule has 1 amide bonds. The molecule has 3 nitrogen and oxygen atoms in total. The summed E-state index contributed by atoms with van der Waals surface area (Å²) in [5, 5.41) is 12.8. The van der Waals surface area contributed by atoms with E-state index in [9.17, 15) is 9.90 Å². The Balaban J connectivity index is 2.17. The molecule has 2 N–H and O–H groups in total. The molecule has 0 aliphatic heterocycles. The number of hydrogen-bond donors (Lipinski definition) is 2. The SMILES string of the molecule is Cc1ccc(Cl)cc1C(=O)NC1(CO)CCC1. The number of aliphatic hydroxyl groups is 1. The van der Waals surface area contributed by atoms with Crippen LogP contribution in [0.5, 0.6) is 0 Å². The third-order valence-corrected chi connectivity index (χ3v) is 3.67. The number of aliphatic hydroxyl groups excluding tert-OH is 1. The van der Waals surface area contributed by atoms with Crippen molar-refractivity contribution in [1.82, 2.24) is 5.32 Å². The number of carbonyl (C=O) groups is 1. The Hall–Kier alpha value is -1.06. The van der Waals surface area contributed by atoms with Crippen LogP contribution in [0.4, 0.5) is 0 Å². The van der Waals surface area contributed by atoms with Gasteiger partial charge in [0.05, 0.1) is 12.1 Å². The first-order valence-electron chi connectivity index (χ1n) is 5.76. The minimum absolute atomic E-state index is 0.00163. The van der Waals surface area contributed by atoms with E-state index >= 15 is 0 Å². The van der Waals surface area contributed by atoms with Crippen molar-refractivity contribution in [2.24, 2.45) is 0 Å². The molecule has 17 heavy (non-hydrogen) atoms. The monoisotopic (exact) mass is 253 g/mol. The van der Waals surface area contributed by atoms with Gasteiger partial charge < -0.3 is 10.4 Å². The normalized spacial score (nSPS) is 17.4. The maximum atomic E-state index is 12.1. The van der Waals surface area contributed by atoms with Crippen LogP contribution < -0.4 is 5.32 Å². The Morgan fingerprint density at radius 3 is 2.76 bits per heavy atom. The second kappa shape index (κ2) is 4.67. The number of rotatable bonds is 3. The highest BCUT2D eigenvalue weighted by molar-refractivity contribution is 6.31. The van der Waals surface area contributed by atoms with Crippen LogP contribution in [0.15, 0.2) is 18.2 Å². The first-order valence-corrected chi connectivity index (χ1v) is 6.14. The van der Waals surface area contributed by atoms with Crippen molar-refractivity contribution in [1.29, 1.82) is 0 Å². The second-order valence-corrected chi connectivity index (χ2v) is 5.14. The molecule has 1 fully saturated rings. The van der Waals surface area contributed by atoms with Crippen LogP contribution in [-0.2, 0) is 0 Å². The fraction of sp³-hybridized carbons (Fsp3) is 0.462. The van der Waals surface area contributed by atoms with Crippen molar-refractivity contribution < 1.29 is 9.90 Å². The van der Waals surface area contributed by atoms with Crippen LogP contribution >= 0.6 is 11.6 Å². The molecule has 1 aliphatic carbocycles. The predicted octanol–water partition coefficient (Wildman–Crippen LogP) is 2.29. The molecular weight excluding hydrogens is 238 g/mol.